The first-order chi connectivity index (χ1) is 8.28. The fraction of sp³-hybridized carbons (Fsp3) is 0.462. The molecule has 1 saturated heterocycles. The molecule has 0 aliphatic carbocycles. The summed E-state index contributed by atoms with van der Waals surface area (Å²) >= 11 is 1.56. The lowest BCUT2D eigenvalue weighted by Gasteiger charge is -2.19. The van der Waals surface area contributed by atoms with Crippen molar-refractivity contribution in [3.8, 4) is 0 Å². The topological polar surface area (TPSA) is 42.1 Å². The number of hydrogen-bond donors (Lipinski definition) is 1. The van der Waals surface area contributed by atoms with Crippen LogP contribution in [0.15, 0.2) is 24.4 Å². The van der Waals surface area contributed by atoms with Crippen LogP contribution >= 0.6 is 11.5 Å². The largest absolute Gasteiger partial charge is 0.330 e. The van der Waals surface area contributed by atoms with Gasteiger partial charge < -0.3 is 5.73 Å². The van der Waals surface area contributed by atoms with Gasteiger partial charge in [-0.3, -0.25) is 4.90 Å². The number of fused-ring (bicyclic) bond motifs is 1. The third kappa shape index (κ3) is 1.97. The summed E-state index contributed by atoms with van der Waals surface area (Å²) < 4.78 is 5.50. The summed E-state index contributed by atoms with van der Waals surface area (Å²) in [5, 5.41) is 1.26. The maximum absolute atomic E-state index is 5.78. The van der Waals surface area contributed by atoms with Crippen LogP contribution in [0, 0.1) is 5.92 Å². The van der Waals surface area contributed by atoms with Crippen LogP contribution in [0.2, 0.25) is 0 Å². The van der Waals surface area contributed by atoms with Gasteiger partial charge in [0.2, 0.25) is 0 Å². The molecule has 17 heavy (non-hydrogen) atoms. The molecule has 1 fully saturated rings. The molecule has 0 saturated carbocycles. The van der Waals surface area contributed by atoms with E-state index >= 15 is 0 Å². The average molecular weight is 247 g/mol. The smallest absolute Gasteiger partial charge is 0.0550 e. The van der Waals surface area contributed by atoms with Crippen LogP contribution in [0.5, 0.6) is 0 Å². The summed E-state index contributed by atoms with van der Waals surface area (Å²) in [4.78, 5) is 2.42. The Morgan fingerprint density at radius 2 is 2.41 bits per heavy atom. The number of hydrogen-bond acceptors (Lipinski definition) is 4. The number of aromatic nitrogens is 1. The van der Waals surface area contributed by atoms with E-state index in [9.17, 15) is 0 Å². The highest BCUT2D eigenvalue weighted by Crippen LogP contribution is 2.35. The number of rotatable bonds is 2. The molecule has 2 N–H and O–H groups in total. The van der Waals surface area contributed by atoms with Gasteiger partial charge in [0.1, 0.15) is 0 Å². The van der Waals surface area contributed by atoms with Gasteiger partial charge in [-0.05, 0) is 55.2 Å². The summed E-state index contributed by atoms with van der Waals surface area (Å²) in [5.74, 6) is 0.640. The van der Waals surface area contributed by atoms with Gasteiger partial charge >= 0.3 is 0 Å². The lowest BCUT2D eigenvalue weighted by atomic mass is 9.99. The summed E-state index contributed by atoms with van der Waals surface area (Å²) in [6.07, 6.45) is 3.13. The zero-order valence-corrected chi connectivity index (χ0v) is 10.8. The number of nitrogens with zero attached hydrogens (tertiary/aromatic N) is 2. The first-order valence-electron chi connectivity index (χ1n) is 6.02. The highest BCUT2D eigenvalue weighted by Gasteiger charge is 2.29. The first-order valence-corrected chi connectivity index (χ1v) is 6.80. The molecule has 0 spiro atoms. The standard InChI is InChI=1S/C13H17N3S/c1-16-8-9(6-14)4-12(16)10-2-3-13-11(5-10)7-15-17-13/h2-3,5,7,9,12H,4,6,8,14H2,1H3. The van der Waals surface area contributed by atoms with Gasteiger partial charge in [-0.15, -0.1) is 0 Å². The minimum Gasteiger partial charge on any atom is -0.330 e. The molecule has 0 radical (unpaired) electrons. The fourth-order valence-electron chi connectivity index (χ4n) is 2.76. The molecule has 2 aromatic rings. The highest BCUT2D eigenvalue weighted by atomic mass is 32.1. The molecule has 90 valence electrons. The van der Waals surface area contributed by atoms with Crippen LogP contribution < -0.4 is 5.73 Å². The summed E-state index contributed by atoms with van der Waals surface area (Å²) in [5.41, 5.74) is 7.17. The maximum atomic E-state index is 5.78. The van der Waals surface area contributed by atoms with Crippen LogP contribution in [-0.2, 0) is 0 Å². The zero-order chi connectivity index (χ0) is 11.8. The van der Waals surface area contributed by atoms with Crippen molar-refractivity contribution in [1.29, 1.82) is 0 Å². The number of nitrogens with two attached hydrogens (primary N) is 1. The van der Waals surface area contributed by atoms with Crippen molar-refractivity contribution in [3.05, 3.63) is 30.0 Å². The Bertz CT molecular complexity index is 522. The van der Waals surface area contributed by atoms with Gasteiger partial charge in [0, 0.05) is 24.2 Å². The van der Waals surface area contributed by atoms with Crippen molar-refractivity contribution in [3.63, 3.8) is 0 Å². The Hall–Kier alpha value is -0.970. The van der Waals surface area contributed by atoms with Crippen LogP contribution in [0.3, 0.4) is 0 Å². The predicted molar refractivity (Wildman–Crippen MR) is 72.2 cm³/mol. The Morgan fingerprint density at radius 1 is 1.53 bits per heavy atom. The molecule has 1 aromatic heterocycles. The van der Waals surface area contributed by atoms with Crippen molar-refractivity contribution in [1.82, 2.24) is 9.27 Å². The van der Waals surface area contributed by atoms with Gasteiger partial charge in [0.25, 0.3) is 0 Å². The van der Waals surface area contributed by atoms with E-state index in [1.54, 1.807) is 11.5 Å². The Morgan fingerprint density at radius 3 is 3.18 bits per heavy atom. The van der Waals surface area contributed by atoms with E-state index in [4.69, 9.17) is 5.73 Å². The van der Waals surface area contributed by atoms with E-state index in [0.717, 1.165) is 13.1 Å². The van der Waals surface area contributed by atoms with Gasteiger partial charge in [0.05, 0.1) is 4.70 Å². The van der Waals surface area contributed by atoms with Crippen LogP contribution in [0.1, 0.15) is 18.0 Å². The molecule has 4 heteroatoms. The lowest BCUT2D eigenvalue weighted by Crippen LogP contribution is -2.20. The second kappa shape index (κ2) is 4.37. The maximum Gasteiger partial charge on any atom is 0.0550 e. The Balaban J connectivity index is 1.92. The monoisotopic (exact) mass is 247 g/mol. The third-order valence-electron chi connectivity index (χ3n) is 3.73. The van der Waals surface area contributed by atoms with E-state index in [1.807, 2.05) is 6.20 Å². The minimum absolute atomic E-state index is 0.521. The first kappa shape index (κ1) is 11.1. The Labute approximate surface area is 105 Å². The fourth-order valence-corrected chi connectivity index (χ4v) is 3.39. The second-order valence-electron chi connectivity index (χ2n) is 4.92. The molecule has 1 aliphatic rings. The van der Waals surface area contributed by atoms with Crippen LogP contribution in [0.25, 0.3) is 10.1 Å². The van der Waals surface area contributed by atoms with E-state index in [0.29, 0.717) is 12.0 Å². The molecule has 2 unspecified atom stereocenters. The van der Waals surface area contributed by atoms with Gasteiger partial charge in [-0.1, -0.05) is 6.07 Å². The van der Waals surface area contributed by atoms with Crippen molar-refractivity contribution < 1.29 is 0 Å². The predicted octanol–water partition coefficient (Wildman–Crippen LogP) is 2.25. The average Bonchev–Trinajstić information content (AvgIpc) is 2.93. The zero-order valence-electron chi connectivity index (χ0n) is 9.97. The van der Waals surface area contributed by atoms with Crippen LogP contribution in [-0.4, -0.2) is 29.4 Å². The lowest BCUT2D eigenvalue weighted by molar-refractivity contribution is 0.314. The van der Waals surface area contributed by atoms with E-state index in [1.165, 1.54) is 22.1 Å². The quantitative estimate of drug-likeness (QED) is 0.885. The van der Waals surface area contributed by atoms with Crippen molar-refractivity contribution in [2.45, 2.75) is 12.5 Å². The van der Waals surface area contributed by atoms with Crippen molar-refractivity contribution >= 4 is 21.6 Å². The van der Waals surface area contributed by atoms with Crippen LogP contribution in [0.4, 0.5) is 0 Å². The molecule has 3 nitrogen and oxygen atoms in total. The SMILES string of the molecule is CN1CC(CN)CC1c1ccc2sncc2c1. The van der Waals surface area contributed by atoms with Crippen molar-refractivity contribution in [2.24, 2.45) is 11.7 Å². The van der Waals surface area contributed by atoms with Crippen molar-refractivity contribution in [2.75, 3.05) is 20.1 Å². The van der Waals surface area contributed by atoms with E-state index in [-0.39, 0.29) is 0 Å². The molecule has 0 amide bonds. The summed E-state index contributed by atoms with van der Waals surface area (Å²) in [6.45, 7) is 1.91. The molecule has 0 bridgehead atoms. The van der Waals surface area contributed by atoms with Gasteiger partial charge in [0.15, 0.2) is 0 Å². The third-order valence-corrected chi connectivity index (χ3v) is 4.51. The Kier molecular flexibility index (Phi) is 2.86. The molecule has 1 aliphatic heterocycles. The number of benzene rings is 1. The highest BCUT2D eigenvalue weighted by molar-refractivity contribution is 7.13. The minimum atomic E-state index is 0.521. The molecular formula is C13H17N3S. The van der Waals surface area contributed by atoms with Gasteiger partial charge in [-0.25, -0.2) is 0 Å². The summed E-state index contributed by atoms with van der Waals surface area (Å²) in [6, 6.07) is 7.22. The molecule has 2 atom stereocenters. The van der Waals surface area contributed by atoms with Gasteiger partial charge in [-0.2, -0.15) is 4.37 Å². The molecular weight excluding hydrogens is 230 g/mol. The number of likely N-dealkylation sites (tertiary alicyclic amines) is 1. The molecule has 3 rings (SSSR count). The van der Waals surface area contributed by atoms with E-state index < -0.39 is 0 Å². The summed E-state index contributed by atoms with van der Waals surface area (Å²) in [7, 11) is 2.19. The van der Waals surface area contributed by atoms with E-state index in [2.05, 4.69) is 34.5 Å². The second-order valence-corrected chi connectivity index (χ2v) is 5.75. The normalized spacial score (nSPS) is 25.8. The molecule has 1 aromatic carbocycles. The molecule has 2 heterocycles.